The van der Waals surface area contributed by atoms with Crippen LogP contribution in [0.5, 0.6) is 0 Å². The summed E-state index contributed by atoms with van der Waals surface area (Å²) in [5, 5.41) is 8.29. The summed E-state index contributed by atoms with van der Waals surface area (Å²) in [4.78, 5) is 21.9. The largest absolute Gasteiger partial charge is 0.355 e. The van der Waals surface area contributed by atoms with Crippen LogP contribution in [0.4, 0.5) is 4.39 Å². The van der Waals surface area contributed by atoms with E-state index >= 15 is 0 Å². The number of aromatic nitrogens is 4. The lowest BCUT2D eigenvalue weighted by Crippen LogP contribution is -2.42. The molecule has 0 unspecified atom stereocenters. The van der Waals surface area contributed by atoms with Crippen molar-refractivity contribution in [3.63, 3.8) is 0 Å². The van der Waals surface area contributed by atoms with Gasteiger partial charge in [0.05, 0.1) is 6.42 Å². The van der Waals surface area contributed by atoms with Gasteiger partial charge in [-0.2, -0.15) is 4.98 Å². The molecular weight excluding hydrogens is 413 g/mol. The summed E-state index contributed by atoms with van der Waals surface area (Å²) >= 11 is 1.47. The molecule has 1 amide bonds. The number of fused-ring (bicyclic) bond motifs is 1. The fourth-order valence-electron chi connectivity index (χ4n) is 4.62. The Morgan fingerprint density at radius 2 is 1.87 bits per heavy atom. The lowest BCUT2D eigenvalue weighted by atomic mass is 9.69. The number of amides is 1. The van der Waals surface area contributed by atoms with Gasteiger partial charge in [-0.1, -0.05) is 43.2 Å². The second-order valence-corrected chi connectivity index (χ2v) is 9.15. The minimum atomic E-state index is -0.231. The van der Waals surface area contributed by atoms with Crippen molar-refractivity contribution in [3.8, 4) is 0 Å². The van der Waals surface area contributed by atoms with E-state index in [9.17, 15) is 9.18 Å². The van der Waals surface area contributed by atoms with Crippen molar-refractivity contribution in [3.05, 3.63) is 52.6 Å². The van der Waals surface area contributed by atoms with Gasteiger partial charge in [-0.3, -0.25) is 4.79 Å². The van der Waals surface area contributed by atoms with E-state index in [0.29, 0.717) is 17.5 Å². The molecule has 4 rings (SSSR count). The molecule has 1 aliphatic carbocycles. The summed E-state index contributed by atoms with van der Waals surface area (Å²) in [5.41, 5.74) is 3.54. The minimum Gasteiger partial charge on any atom is -0.355 e. The normalized spacial score (nSPS) is 15.9. The standard InChI is InChI=1S/C23H28FN5OS/c1-15-19(16(2)29-21(26-15)27-22(28-29)31-3)13-20(30)25-14-23(11-5-4-6-12-23)17-7-9-18(24)10-8-17/h7-10H,4-6,11-14H2,1-3H3,(H,25,30). The maximum atomic E-state index is 13.5. The molecular formula is C23H28FN5OS. The Hall–Kier alpha value is -2.48. The summed E-state index contributed by atoms with van der Waals surface area (Å²) in [7, 11) is 0. The molecule has 0 atom stereocenters. The van der Waals surface area contributed by atoms with Crippen molar-refractivity contribution in [2.24, 2.45) is 0 Å². The van der Waals surface area contributed by atoms with Gasteiger partial charge in [-0.25, -0.2) is 13.9 Å². The van der Waals surface area contributed by atoms with E-state index in [4.69, 9.17) is 0 Å². The first-order chi connectivity index (χ1) is 14.9. The Morgan fingerprint density at radius 1 is 1.16 bits per heavy atom. The number of nitrogens with one attached hydrogen (secondary N) is 1. The van der Waals surface area contributed by atoms with E-state index < -0.39 is 0 Å². The molecule has 0 aliphatic heterocycles. The first-order valence-corrected chi connectivity index (χ1v) is 11.9. The Kier molecular flexibility index (Phi) is 6.27. The first kappa shape index (κ1) is 21.7. The van der Waals surface area contributed by atoms with Crippen molar-refractivity contribution in [2.75, 3.05) is 12.8 Å². The molecule has 6 nitrogen and oxygen atoms in total. The Balaban J connectivity index is 1.52. The van der Waals surface area contributed by atoms with Gasteiger partial charge in [0.15, 0.2) is 0 Å². The van der Waals surface area contributed by atoms with Crippen molar-refractivity contribution in [1.29, 1.82) is 0 Å². The molecule has 8 heteroatoms. The predicted molar refractivity (Wildman–Crippen MR) is 120 cm³/mol. The Labute approximate surface area is 186 Å². The highest BCUT2D eigenvalue weighted by Gasteiger charge is 2.34. The van der Waals surface area contributed by atoms with Crippen LogP contribution in [0.15, 0.2) is 29.4 Å². The van der Waals surface area contributed by atoms with Gasteiger partial charge in [-0.15, -0.1) is 5.10 Å². The first-order valence-electron chi connectivity index (χ1n) is 10.7. The van der Waals surface area contributed by atoms with Gasteiger partial charge in [0.1, 0.15) is 5.82 Å². The predicted octanol–water partition coefficient (Wildman–Crippen LogP) is 4.16. The van der Waals surface area contributed by atoms with Crippen LogP contribution in [0.25, 0.3) is 5.78 Å². The average Bonchev–Trinajstić information content (AvgIpc) is 3.19. The monoisotopic (exact) mass is 441 g/mol. The molecule has 31 heavy (non-hydrogen) atoms. The summed E-state index contributed by atoms with van der Waals surface area (Å²) in [6, 6.07) is 6.77. The number of aryl methyl sites for hydroxylation is 2. The molecule has 2 heterocycles. The number of hydrogen-bond acceptors (Lipinski definition) is 5. The molecule has 1 saturated carbocycles. The summed E-state index contributed by atoms with van der Waals surface area (Å²) in [5.74, 6) is 0.288. The number of benzene rings is 1. The molecule has 2 aromatic heterocycles. The summed E-state index contributed by atoms with van der Waals surface area (Å²) < 4.78 is 15.2. The van der Waals surface area contributed by atoms with E-state index in [2.05, 4.69) is 20.4 Å². The Bertz CT molecular complexity index is 1090. The van der Waals surface area contributed by atoms with Crippen LogP contribution < -0.4 is 5.32 Å². The van der Waals surface area contributed by atoms with E-state index in [1.54, 1.807) is 4.52 Å². The van der Waals surface area contributed by atoms with Gasteiger partial charge in [0.25, 0.3) is 5.78 Å². The van der Waals surface area contributed by atoms with E-state index in [1.165, 1.54) is 30.3 Å². The third kappa shape index (κ3) is 4.44. The van der Waals surface area contributed by atoms with Crippen LogP contribution in [0, 0.1) is 19.7 Å². The molecule has 0 radical (unpaired) electrons. The number of halogens is 1. The fourth-order valence-corrected chi connectivity index (χ4v) is 4.96. The van der Waals surface area contributed by atoms with Crippen LogP contribution in [-0.2, 0) is 16.6 Å². The molecule has 1 aliphatic rings. The van der Waals surface area contributed by atoms with Crippen molar-refractivity contribution in [2.45, 2.75) is 62.9 Å². The van der Waals surface area contributed by atoms with Gasteiger partial charge in [0, 0.05) is 28.9 Å². The third-order valence-electron chi connectivity index (χ3n) is 6.44. The number of hydrogen-bond donors (Lipinski definition) is 1. The topological polar surface area (TPSA) is 72.2 Å². The summed E-state index contributed by atoms with van der Waals surface area (Å²) in [6.07, 6.45) is 7.62. The molecule has 164 valence electrons. The fraction of sp³-hybridized carbons (Fsp3) is 0.478. The minimum absolute atomic E-state index is 0.0374. The molecule has 0 bridgehead atoms. The number of carbonyl (C=O) groups is 1. The molecule has 1 N–H and O–H groups in total. The zero-order valence-electron chi connectivity index (χ0n) is 18.2. The van der Waals surface area contributed by atoms with E-state index in [1.807, 2.05) is 32.2 Å². The van der Waals surface area contributed by atoms with E-state index in [0.717, 1.165) is 48.2 Å². The number of nitrogens with zero attached hydrogens (tertiary/aromatic N) is 4. The SMILES string of the molecule is CSc1nc2nc(C)c(CC(=O)NCC3(c4ccc(F)cc4)CCCCC3)c(C)n2n1. The molecule has 1 aromatic carbocycles. The lowest BCUT2D eigenvalue weighted by molar-refractivity contribution is -0.120. The van der Waals surface area contributed by atoms with Crippen LogP contribution in [0.2, 0.25) is 0 Å². The highest BCUT2D eigenvalue weighted by atomic mass is 32.2. The van der Waals surface area contributed by atoms with Crippen LogP contribution >= 0.6 is 11.8 Å². The maximum absolute atomic E-state index is 13.5. The van der Waals surface area contributed by atoms with Crippen molar-refractivity contribution < 1.29 is 9.18 Å². The number of thioether (sulfide) groups is 1. The molecule has 1 fully saturated rings. The average molecular weight is 442 g/mol. The quantitative estimate of drug-likeness (QED) is 0.582. The maximum Gasteiger partial charge on any atom is 0.253 e. The lowest BCUT2D eigenvalue weighted by Gasteiger charge is -2.38. The van der Waals surface area contributed by atoms with Crippen LogP contribution in [-0.4, -0.2) is 38.3 Å². The summed E-state index contributed by atoms with van der Waals surface area (Å²) in [6.45, 7) is 4.42. The van der Waals surface area contributed by atoms with Crippen molar-refractivity contribution in [1.82, 2.24) is 24.9 Å². The number of rotatable bonds is 6. The van der Waals surface area contributed by atoms with Crippen LogP contribution in [0.3, 0.4) is 0 Å². The zero-order chi connectivity index (χ0) is 22.0. The number of carbonyl (C=O) groups excluding carboxylic acids is 1. The van der Waals surface area contributed by atoms with E-state index in [-0.39, 0.29) is 23.6 Å². The molecule has 0 saturated heterocycles. The smallest absolute Gasteiger partial charge is 0.253 e. The van der Waals surface area contributed by atoms with Gasteiger partial charge < -0.3 is 5.32 Å². The highest BCUT2D eigenvalue weighted by Crippen LogP contribution is 2.39. The van der Waals surface area contributed by atoms with Crippen LogP contribution in [0.1, 0.15) is 54.6 Å². The Morgan fingerprint density at radius 3 is 2.55 bits per heavy atom. The van der Waals surface area contributed by atoms with Gasteiger partial charge in [0.2, 0.25) is 11.1 Å². The van der Waals surface area contributed by atoms with Crippen molar-refractivity contribution >= 4 is 23.4 Å². The highest BCUT2D eigenvalue weighted by molar-refractivity contribution is 7.98. The second-order valence-electron chi connectivity index (χ2n) is 8.37. The van der Waals surface area contributed by atoms with Gasteiger partial charge in [-0.05, 0) is 50.6 Å². The second kappa shape index (κ2) is 8.94. The molecule has 0 spiro atoms. The third-order valence-corrected chi connectivity index (χ3v) is 6.98. The van der Waals surface area contributed by atoms with Gasteiger partial charge >= 0.3 is 0 Å². The molecule has 3 aromatic rings. The zero-order valence-corrected chi connectivity index (χ0v) is 19.1.